The maximum Gasteiger partial charge on any atom is 0.249 e. The van der Waals surface area contributed by atoms with Crippen molar-refractivity contribution in [2.75, 3.05) is 6.61 Å². The Kier molecular flexibility index (Phi) is 36.6. The lowest BCUT2D eigenvalue weighted by molar-refractivity contribution is -0.132. The normalized spacial score (nSPS) is 14.7. The molecule has 0 spiro atoms. The van der Waals surface area contributed by atoms with E-state index in [2.05, 4.69) is 55.6 Å². The Morgan fingerprint density at radius 1 is 0.490 bits per heavy atom. The van der Waals surface area contributed by atoms with Gasteiger partial charge in [-0.3, -0.25) is 4.79 Å². The maximum absolute atomic E-state index is 12.5. The van der Waals surface area contributed by atoms with E-state index in [0.29, 0.717) is 19.3 Å². The Morgan fingerprint density at radius 2 is 0.857 bits per heavy atom. The van der Waals surface area contributed by atoms with E-state index in [1.54, 1.807) is 0 Å². The highest BCUT2D eigenvalue weighted by Gasteiger charge is 2.28. The van der Waals surface area contributed by atoms with Gasteiger partial charge in [-0.25, -0.2) is 0 Å². The van der Waals surface area contributed by atoms with E-state index >= 15 is 0 Å². The lowest BCUT2D eigenvalue weighted by Crippen LogP contribution is -2.53. The minimum atomic E-state index is -1.29. The fourth-order valence-electron chi connectivity index (χ4n) is 6.18. The molecule has 0 rings (SSSR count). The van der Waals surface area contributed by atoms with Gasteiger partial charge < -0.3 is 25.7 Å². The number of rotatable bonds is 37. The van der Waals surface area contributed by atoms with Crippen molar-refractivity contribution in [2.24, 2.45) is 0 Å². The predicted octanol–water partition coefficient (Wildman–Crippen LogP) is 10.6. The van der Waals surface area contributed by atoms with E-state index in [1.165, 1.54) is 109 Å². The number of aliphatic hydroxyl groups excluding tert-OH is 4. The average Bonchev–Trinajstić information content (AvgIpc) is 3.11. The standard InChI is InChI=1S/C43H81NO5/c1-3-5-7-9-11-13-15-17-18-19-20-21-22-23-25-27-29-31-33-35-37-41(47)43(49)44-39(38-45)42(48)40(46)36-34-32-30-28-26-24-16-14-12-10-8-6-4-2/h14,16,21-22,28,30,39-42,45-48H,3-13,15,17-20,23-27,29,31-38H2,1-2H3,(H,44,49)/b16-14+,22-21-,30-28+. The van der Waals surface area contributed by atoms with Gasteiger partial charge in [-0.15, -0.1) is 0 Å². The first-order chi connectivity index (χ1) is 24.0. The molecule has 288 valence electrons. The first-order valence-corrected chi connectivity index (χ1v) is 20.9. The second-order valence-corrected chi connectivity index (χ2v) is 14.3. The quantitative estimate of drug-likeness (QED) is 0.0329. The molecule has 0 heterocycles. The van der Waals surface area contributed by atoms with Crippen LogP contribution in [0.2, 0.25) is 0 Å². The van der Waals surface area contributed by atoms with Gasteiger partial charge in [0.05, 0.1) is 18.8 Å². The summed E-state index contributed by atoms with van der Waals surface area (Å²) in [4.78, 5) is 12.5. The molecule has 0 aliphatic carbocycles. The van der Waals surface area contributed by atoms with Crippen LogP contribution in [-0.2, 0) is 4.79 Å². The zero-order chi connectivity index (χ0) is 36.0. The number of hydrogen-bond donors (Lipinski definition) is 5. The summed E-state index contributed by atoms with van der Waals surface area (Å²) in [5.74, 6) is -0.604. The highest BCUT2D eigenvalue weighted by atomic mass is 16.3. The largest absolute Gasteiger partial charge is 0.394 e. The molecule has 1 amide bonds. The van der Waals surface area contributed by atoms with Crippen LogP contribution in [0.15, 0.2) is 36.5 Å². The summed E-state index contributed by atoms with van der Waals surface area (Å²) in [6.07, 6.45) is 43.1. The Balaban J connectivity index is 3.81. The Hall–Kier alpha value is -1.47. The van der Waals surface area contributed by atoms with E-state index in [0.717, 1.165) is 57.8 Å². The summed E-state index contributed by atoms with van der Waals surface area (Å²) in [5, 5.41) is 43.5. The molecule has 0 aromatic rings. The predicted molar refractivity (Wildman–Crippen MR) is 210 cm³/mol. The third-order valence-electron chi connectivity index (χ3n) is 9.55. The molecule has 0 aromatic carbocycles. The van der Waals surface area contributed by atoms with Gasteiger partial charge in [0.15, 0.2) is 0 Å². The molecule has 4 atom stereocenters. The molecule has 6 nitrogen and oxygen atoms in total. The molecule has 0 radical (unpaired) electrons. The molecule has 49 heavy (non-hydrogen) atoms. The number of amides is 1. The van der Waals surface area contributed by atoms with Crippen molar-refractivity contribution in [1.29, 1.82) is 0 Å². The zero-order valence-corrected chi connectivity index (χ0v) is 32.2. The van der Waals surface area contributed by atoms with E-state index in [-0.39, 0.29) is 0 Å². The van der Waals surface area contributed by atoms with Crippen molar-refractivity contribution in [3.8, 4) is 0 Å². The molecule has 4 unspecified atom stereocenters. The van der Waals surface area contributed by atoms with Crippen molar-refractivity contribution < 1.29 is 25.2 Å². The van der Waals surface area contributed by atoms with E-state index in [9.17, 15) is 25.2 Å². The van der Waals surface area contributed by atoms with Crippen LogP contribution in [-0.4, -0.2) is 57.3 Å². The second kappa shape index (κ2) is 37.8. The van der Waals surface area contributed by atoms with Crippen LogP contribution in [0.1, 0.15) is 200 Å². The first kappa shape index (κ1) is 47.5. The van der Waals surface area contributed by atoms with Crippen LogP contribution in [0.3, 0.4) is 0 Å². The smallest absolute Gasteiger partial charge is 0.249 e. The summed E-state index contributed by atoms with van der Waals surface area (Å²) in [6, 6.07) is -1.01. The van der Waals surface area contributed by atoms with Crippen molar-refractivity contribution in [1.82, 2.24) is 5.32 Å². The number of aliphatic hydroxyl groups is 4. The van der Waals surface area contributed by atoms with Crippen molar-refractivity contribution >= 4 is 5.91 Å². The molecule has 0 bridgehead atoms. The molecule has 0 fully saturated rings. The minimum absolute atomic E-state index is 0.353. The highest BCUT2D eigenvalue weighted by molar-refractivity contribution is 5.80. The van der Waals surface area contributed by atoms with Crippen molar-refractivity contribution in [2.45, 2.75) is 224 Å². The van der Waals surface area contributed by atoms with Gasteiger partial charge in [0.2, 0.25) is 5.91 Å². The monoisotopic (exact) mass is 692 g/mol. The van der Waals surface area contributed by atoms with Crippen LogP contribution in [0.25, 0.3) is 0 Å². The average molecular weight is 692 g/mol. The van der Waals surface area contributed by atoms with E-state index < -0.39 is 36.9 Å². The van der Waals surface area contributed by atoms with Gasteiger partial charge >= 0.3 is 0 Å². The maximum atomic E-state index is 12.5. The molecule has 5 N–H and O–H groups in total. The van der Waals surface area contributed by atoms with E-state index in [4.69, 9.17) is 0 Å². The van der Waals surface area contributed by atoms with Gasteiger partial charge in [-0.1, -0.05) is 159 Å². The van der Waals surface area contributed by atoms with Gasteiger partial charge in [0, 0.05) is 0 Å². The number of nitrogens with one attached hydrogen (secondary N) is 1. The number of unbranched alkanes of at least 4 members (excludes halogenated alkanes) is 22. The Bertz CT molecular complexity index is 782. The van der Waals surface area contributed by atoms with Gasteiger partial charge in [0.25, 0.3) is 0 Å². The summed E-state index contributed by atoms with van der Waals surface area (Å²) in [5.41, 5.74) is 0. The second-order valence-electron chi connectivity index (χ2n) is 14.3. The molecular weight excluding hydrogens is 610 g/mol. The molecule has 0 saturated heterocycles. The fourth-order valence-corrected chi connectivity index (χ4v) is 6.18. The van der Waals surface area contributed by atoms with Gasteiger partial charge in [-0.05, 0) is 77.0 Å². The molecule has 0 saturated carbocycles. The SMILES string of the molecule is CCCCCC/C=C/CC/C=C/CCCC(O)C(O)C(CO)NC(=O)C(O)CCCCCCCC/C=C\CCCCCCCCCCCC. The third-order valence-corrected chi connectivity index (χ3v) is 9.55. The lowest BCUT2D eigenvalue weighted by Gasteiger charge is -2.27. The summed E-state index contributed by atoms with van der Waals surface area (Å²) in [7, 11) is 0. The van der Waals surface area contributed by atoms with Crippen LogP contribution in [0.5, 0.6) is 0 Å². The van der Waals surface area contributed by atoms with Gasteiger partial charge in [-0.2, -0.15) is 0 Å². The number of carbonyl (C=O) groups excluding carboxylic acids is 1. The third kappa shape index (κ3) is 32.2. The fraction of sp³-hybridized carbons (Fsp3) is 0.837. The molecular formula is C43H81NO5. The Morgan fingerprint density at radius 3 is 1.31 bits per heavy atom. The number of hydrogen-bond acceptors (Lipinski definition) is 5. The molecule has 0 aromatic heterocycles. The highest BCUT2D eigenvalue weighted by Crippen LogP contribution is 2.14. The van der Waals surface area contributed by atoms with E-state index in [1.807, 2.05) is 0 Å². The van der Waals surface area contributed by atoms with Crippen LogP contribution < -0.4 is 5.32 Å². The number of allylic oxidation sites excluding steroid dienone is 6. The summed E-state index contributed by atoms with van der Waals surface area (Å²) < 4.78 is 0. The summed E-state index contributed by atoms with van der Waals surface area (Å²) in [6.45, 7) is 4.00. The van der Waals surface area contributed by atoms with Crippen LogP contribution >= 0.6 is 0 Å². The van der Waals surface area contributed by atoms with Crippen molar-refractivity contribution in [3.63, 3.8) is 0 Å². The molecule has 0 aliphatic heterocycles. The topological polar surface area (TPSA) is 110 Å². The minimum Gasteiger partial charge on any atom is -0.394 e. The van der Waals surface area contributed by atoms with Gasteiger partial charge in [0.1, 0.15) is 12.2 Å². The number of carbonyl (C=O) groups is 1. The van der Waals surface area contributed by atoms with Crippen LogP contribution in [0, 0.1) is 0 Å². The first-order valence-electron chi connectivity index (χ1n) is 20.9. The zero-order valence-electron chi connectivity index (χ0n) is 32.2. The summed E-state index contributed by atoms with van der Waals surface area (Å²) >= 11 is 0. The van der Waals surface area contributed by atoms with Crippen molar-refractivity contribution in [3.05, 3.63) is 36.5 Å². The van der Waals surface area contributed by atoms with Crippen LogP contribution in [0.4, 0.5) is 0 Å². The molecule has 6 heteroatoms. The Labute approximate surface area is 303 Å². The molecule has 0 aliphatic rings. The lowest BCUT2D eigenvalue weighted by atomic mass is 10.00.